The van der Waals surface area contributed by atoms with E-state index >= 15 is 0 Å². The van der Waals surface area contributed by atoms with Crippen LogP contribution < -0.4 is 15.8 Å². The second-order valence-electron chi connectivity index (χ2n) is 4.26. The number of rotatable bonds is 6. The van der Waals surface area contributed by atoms with Gasteiger partial charge in [-0.1, -0.05) is 12.1 Å². The SMILES string of the molecule is NC(=O)COc1ccc(NCc2ccc(F)cc2)cc1. The van der Waals surface area contributed by atoms with E-state index in [9.17, 15) is 9.18 Å². The van der Waals surface area contributed by atoms with Gasteiger partial charge in [-0.3, -0.25) is 4.79 Å². The van der Waals surface area contributed by atoms with Gasteiger partial charge in [-0.15, -0.1) is 0 Å². The summed E-state index contributed by atoms with van der Waals surface area (Å²) in [5.41, 5.74) is 6.88. The van der Waals surface area contributed by atoms with E-state index < -0.39 is 5.91 Å². The van der Waals surface area contributed by atoms with Crippen LogP contribution in [0.3, 0.4) is 0 Å². The molecule has 0 unspecified atom stereocenters. The van der Waals surface area contributed by atoms with Crippen LogP contribution in [0.2, 0.25) is 0 Å². The topological polar surface area (TPSA) is 64.4 Å². The number of carbonyl (C=O) groups excluding carboxylic acids is 1. The summed E-state index contributed by atoms with van der Waals surface area (Å²) in [6.45, 7) is 0.462. The van der Waals surface area contributed by atoms with E-state index in [1.807, 2.05) is 12.1 Å². The third-order valence-corrected chi connectivity index (χ3v) is 2.65. The summed E-state index contributed by atoms with van der Waals surface area (Å²) in [7, 11) is 0. The highest BCUT2D eigenvalue weighted by Gasteiger charge is 1.99. The van der Waals surface area contributed by atoms with Crippen molar-refractivity contribution in [3.05, 3.63) is 59.9 Å². The van der Waals surface area contributed by atoms with Crippen LogP contribution in [-0.2, 0) is 11.3 Å². The first-order chi connectivity index (χ1) is 9.63. The van der Waals surface area contributed by atoms with Gasteiger partial charge in [-0.25, -0.2) is 4.39 Å². The molecule has 0 saturated carbocycles. The molecule has 0 aliphatic carbocycles. The molecule has 0 spiro atoms. The van der Waals surface area contributed by atoms with Gasteiger partial charge >= 0.3 is 0 Å². The maximum absolute atomic E-state index is 12.8. The lowest BCUT2D eigenvalue weighted by Crippen LogP contribution is -2.19. The predicted molar refractivity (Wildman–Crippen MR) is 74.9 cm³/mol. The molecule has 104 valence electrons. The number of halogens is 1. The van der Waals surface area contributed by atoms with E-state index in [-0.39, 0.29) is 12.4 Å². The summed E-state index contributed by atoms with van der Waals surface area (Å²) >= 11 is 0. The van der Waals surface area contributed by atoms with E-state index in [0.29, 0.717) is 12.3 Å². The maximum Gasteiger partial charge on any atom is 0.255 e. The van der Waals surface area contributed by atoms with E-state index in [0.717, 1.165) is 11.3 Å². The molecule has 5 heteroatoms. The highest BCUT2D eigenvalue weighted by Crippen LogP contribution is 2.16. The fourth-order valence-corrected chi connectivity index (χ4v) is 1.63. The number of benzene rings is 2. The van der Waals surface area contributed by atoms with E-state index in [1.165, 1.54) is 12.1 Å². The van der Waals surface area contributed by atoms with E-state index in [1.54, 1.807) is 24.3 Å². The normalized spacial score (nSPS) is 10.1. The minimum absolute atomic E-state index is 0.137. The second-order valence-corrected chi connectivity index (χ2v) is 4.26. The molecular weight excluding hydrogens is 259 g/mol. The first-order valence-corrected chi connectivity index (χ1v) is 6.13. The number of nitrogens with two attached hydrogens (primary N) is 1. The van der Waals surface area contributed by atoms with E-state index in [4.69, 9.17) is 10.5 Å². The summed E-state index contributed by atoms with van der Waals surface area (Å²) in [6, 6.07) is 13.5. The lowest BCUT2D eigenvalue weighted by Gasteiger charge is -2.08. The molecule has 0 radical (unpaired) electrons. The van der Waals surface area contributed by atoms with Gasteiger partial charge in [0.15, 0.2) is 6.61 Å². The van der Waals surface area contributed by atoms with Gasteiger partial charge < -0.3 is 15.8 Å². The quantitative estimate of drug-likeness (QED) is 0.849. The molecule has 0 aromatic heterocycles. The van der Waals surface area contributed by atoms with Gasteiger partial charge in [-0.05, 0) is 42.0 Å². The van der Waals surface area contributed by atoms with Crippen LogP contribution in [-0.4, -0.2) is 12.5 Å². The van der Waals surface area contributed by atoms with Crippen LogP contribution in [0.25, 0.3) is 0 Å². The third kappa shape index (κ3) is 4.28. The Balaban J connectivity index is 1.87. The first-order valence-electron chi connectivity index (χ1n) is 6.13. The summed E-state index contributed by atoms with van der Waals surface area (Å²) in [6.07, 6.45) is 0. The van der Waals surface area contributed by atoms with Gasteiger partial charge in [0.2, 0.25) is 0 Å². The van der Waals surface area contributed by atoms with Crippen molar-refractivity contribution in [1.82, 2.24) is 0 Å². The molecule has 0 bridgehead atoms. The van der Waals surface area contributed by atoms with Crippen molar-refractivity contribution in [2.24, 2.45) is 5.73 Å². The summed E-state index contributed by atoms with van der Waals surface area (Å²) < 4.78 is 17.9. The Labute approximate surface area is 116 Å². The molecule has 0 aliphatic rings. The zero-order chi connectivity index (χ0) is 14.4. The third-order valence-electron chi connectivity index (χ3n) is 2.65. The Morgan fingerprint density at radius 1 is 1.10 bits per heavy atom. The fourth-order valence-electron chi connectivity index (χ4n) is 1.63. The maximum atomic E-state index is 12.8. The van der Waals surface area contributed by atoms with Crippen LogP contribution in [0.1, 0.15) is 5.56 Å². The molecule has 2 rings (SSSR count). The van der Waals surface area contributed by atoms with Crippen molar-refractivity contribution < 1.29 is 13.9 Å². The minimum Gasteiger partial charge on any atom is -0.484 e. The van der Waals surface area contributed by atoms with Crippen molar-refractivity contribution in [2.75, 3.05) is 11.9 Å². The van der Waals surface area contributed by atoms with Crippen molar-refractivity contribution >= 4 is 11.6 Å². The van der Waals surface area contributed by atoms with Crippen molar-refractivity contribution in [3.8, 4) is 5.75 Å². The largest absolute Gasteiger partial charge is 0.484 e. The van der Waals surface area contributed by atoms with Crippen molar-refractivity contribution in [3.63, 3.8) is 0 Å². The molecule has 20 heavy (non-hydrogen) atoms. The monoisotopic (exact) mass is 274 g/mol. The molecule has 4 nitrogen and oxygen atoms in total. The number of primary amides is 1. The number of anilines is 1. The molecule has 0 heterocycles. The highest BCUT2D eigenvalue weighted by molar-refractivity contribution is 5.75. The van der Waals surface area contributed by atoms with Crippen LogP contribution in [0, 0.1) is 5.82 Å². The second kappa shape index (κ2) is 6.56. The molecule has 0 fully saturated rings. The van der Waals surface area contributed by atoms with E-state index in [2.05, 4.69) is 5.32 Å². The van der Waals surface area contributed by atoms with Crippen LogP contribution in [0.15, 0.2) is 48.5 Å². The fraction of sp³-hybridized carbons (Fsp3) is 0.133. The number of carbonyl (C=O) groups is 1. The number of amides is 1. The molecule has 0 atom stereocenters. The minimum atomic E-state index is -0.511. The van der Waals surface area contributed by atoms with Gasteiger partial charge in [-0.2, -0.15) is 0 Å². The van der Waals surface area contributed by atoms with Crippen LogP contribution in [0.5, 0.6) is 5.75 Å². The smallest absolute Gasteiger partial charge is 0.255 e. The standard InChI is InChI=1S/C15H15FN2O2/c16-12-3-1-11(2-4-12)9-18-13-5-7-14(8-6-13)20-10-15(17)19/h1-8,18H,9-10H2,(H2,17,19). The number of ether oxygens (including phenoxy) is 1. The Bertz CT molecular complexity index is 567. The van der Waals surface area contributed by atoms with Crippen molar-refractivity contribution in [1.29, 1.82) is 0 Å². The molecule has 1 amide bonds. The van der Waals surface area contributed by atoms with Gasteiger partial charge in [0, 0.05) is 12.2 Å². The average molecular weight is 274 g/mol. The molecule has 3 N–H and O–H groups in total. The van der Waals surface area contributed by atoms with Gasteiger partial charge in [0.1, 0.15) is 11.6 Å². The lowest BCUT2D eigenvalue weighted by atomic mass is 10.2. The Hall–Kier alpha value is -2.56. The summed E-state index contributed by atoms with van der Waals surface area (Å²) in [5, 5.41) is 3.20. The van der Waals surface area contributed by atoms with Crippen LogP contribution in [0.4, 0.5) is 10.1 Å². The molecule has 2 aromatic rings. The number of hydrogen-bond donors (Lipinski definition) is 2. The van der Waals surface area contributed by atoms with Crippen LogP contribution >= 0.6 is 0 Å². The summed E-state index contributed by atoms with van der Waals surface area (Å²) in [5.74, 6) is -0.177. The van der Waals surface area contributed by atoms with Crippen molar-refractivity contribution in [2.45, 2.75) is 6.54 Å². The zero-order valence-electron chi connectivity index (χ0n) is 10.8. The van der Waals surface area contributed by atoms with Gasteiger partial charge in [0.05, 0.1) is 0 Å². The average Bonchev–Trinajstić information content (AvgIpc) is 2.45. The molecule has 0 aliphatic heterocycles. The summed E-state index contributed by atoms with van der Waals surface area (Å²) in [4.78, 5) is 10.6. The predicted octanol–water partition coefficient (Wildman–Crippen LogP) is 2.30. The Morgan fingerprint density at radius 3 is 2.35 bits per heavy atom. The Morgan fingerprint density at radius 2 is 1.75 bits per heavy atom. The number of nitrogens with one attached hydrogen (secondary N) is 1. The molecular formula is C15H15FN2O2. The molecule has 0 saturated heterocycles. The first kappa shape index (κ1) is 13.9. The lowest BCUT2D eigenvalue weighted by molar-refractivity contribution is -0.119. The highest BCUT2D eigenvalue weighted by atomic mass is 19.1. The van der Waals surface area contributed by atoms with Gasteiger partial charge in [0.25, 0.3) is 5.91 Å². The molecule has 2 aromatic carbocycles. The zero-order valence-corrected chi connectivity index (χ0v) is 10.8. The Kier molecular flexibility index (Phi) is 4.55. The number of hydrogen-bond acceptors (Lipinski definition) is 3.